The van der Waals surface area contributed by atoms with E-state index in [2.05, 4.69) is 9.97 Å². The molecule has 0 aliphatic rings. The van der Waals surface area contributed by atoms with Crippen LogP contribution in [0.5, 0.6) is 0 Å². The van der Waals surface area contributed by atoms with Gasteiger partial charge in [-0.05, 0) is 42.0 Å². The molecule has 7 nitrogen and oxygen atoms in total. The number of hydrogen-bond donors (Lipinski definition) is 2. The summed E-state index contributed by atoms with van der Waals surface area (Å²) < 4.78 is 38.0. The number of carbonyl (C=O) groups is 2. The van der Waals surface area contributed by atoms with Gasteiger partial charge in [0, 0.05) is 40.7 Å². The van der Waals surface area contributed by atoms with Crippen LogP contribution in [-0.4, -0.2) is 36.3 Å². The summed E-state index contributed by atoms with van der Waals surface area (Å²) in [6.45, 7) is 0. The average Bonchev–Trinajstić information content (AvgIpc) is 3.16. The minimum Gasteiger partial charge on any atom is -0.366 e. The van der Waals surface area contributed by atoms with Crippen LogP contribution >= 0.6 is 0 Å². The van der Waals surface area contributed by atoms with E-state index >= 15 is 0 Å². The monoisotopic (exact) mass is 437 g/mol. The molecule has 0 atom stereocenters. The summed E-state index contributed by atoms with van der Waals surface area (Å²) in [5.74, 6) is -2.20. The van der Waals surface area contributed by atoms with E-state index in [1.54, 1.807) is 24.4 Å². The van der Waals surface area contributed by atoms with Crippen molar-refractivity contribution in [2.75, 3.05) is 6.26 Å². The number of nitrogens with two attached hydrogens (primary N) is 1. The van der Waals surface area contributed by atoms with Crippen LogP contribution in [0, 0.1) is 5.82 Å². The van der Waals surface area contributed by atoms with Gasteiger partial charge in [-0.15, -0.1) is 0 Å². The van der Waals surface area contributed by atoms with Crippen LogP contribution in [0.1, 0.15) is 26.3 Å². The minimum absolute atomic E-state index is 0.0148. The van der Waals surface area contributed by atoms with Crippen molar-refractivity contribution in [2.45, 2.75) is 4.90 Å². The van der Waals surface area contributed by atoms with Gasteiger partial charge in [-0.1, -0.05) is 12.1 Å². The van der Waals surface area contributed by atoms with Crippen LogP contribution in [0.15, 0.2) is 65.8 Å². The number of nitrogens with one attached hydrogen (secondary N) is 1. The second-order valence-corrected chi connectivity index (χ2v) is 9.03. The maximum absolute atomic E-state index is 14.3. The molecule has 3 N–H and O–H groups in total. The molecule has 4 rings (SSSR count). The molecule has 2 aromatic heterocycles. The second-order valence-electron chi connectivity index (χ2n) is 7.01. The first-order valence-corrected chi connectivity index (χ1v) is 11.0. The number of H-pyrrole nitrogens is 1. The standard InChI is InChI=1S/C22H16FN3O4S/c1-31(29,30)15-4-2-3-12(7-15)14-9-16-18(11-26-22(16)25-10-14)20(27)17-8-13(21(24)28)5-6-19(17)23/h2-11H,1H3,(H2,24,28)(H,25,26). The van der Waals surface area contributed by atoms with E-state index in [1.807, 2.05) is 0 Å². The van der Waals surface area contributed by atoms with Crippen LogP contribution in [0.25, 0.3) is 22.2 Å². The number of hydrogen-bond acceptors (Lipinski definition) is 5. The predicted octanol–water partition coefficient (Wildman–Crippen LogP) is 3.10. The van der Waals surface area contributed by atoms with Crippen molar-refractivity contribution in [1.82, 2.24) is 9.97 Å². The molecule has 9 heteroatoms. The second kappa shape index (κ2) is 7.44. The number of nitrogens with zero attached hydrogens (tertiary/aromatic N) is 1. The highest BCUT2D eigenvalue weighted by Crippen LogP contribution is 2.28. The minimum atomic E-state index is -3.40. The van der Waals surface area contributed by atoms with Crippen molar-refractivity contribution in [2.24, 2.45) is 5.73 Å². The van der Waals surface area contributed by atoms with Gasteiger partial charge in [0.1, 0.15) is 11.5 Å². The van der Waals surface area contributed by atoms with E-state index < -0.39 is 27.3 Å². The van der Waals surface area contributed by atoms with Gasteiger partial charge in [-0.25, -0.2) is 17.8 Å². The van der Waals surface area contributed by atoms with Gasteiger partial charge in [0.15, 0.2) is 15.6 Å². The summed E-state index contributed by atoms with van der Waals surface area (Å²) in [5, 5.41) is 0.427. The van der Waals surface area contributed by atoms with Crippen molar-refractivity contribution in [3.05, 3.63) is 83.4 Å². The third kappa shape index (κ3) is 3.82. The Morgan fingerprint density at radius 1 is 1.03 bits per heavy atom. The number of benzene rings is 2. The van der Waals surface area contributed by atoms with Crippen LogP contribution in [0.2, 0.25) is 0 Å². The highest BCUT2D eigenvalue weighted by Gasteiger charge is 2.20. The number of fused-ring (bicyclic) bond motifs is 1. The summed E-state index contributed by atoms with van der Waals surface area (Å²) in [4.78, 5) is 31.8. The molecule has 156 valence electrons. The van der Waals surface area contributed by atoms with E-state index in [1.165, 1.54) is 24.4 Å². The number of carbonyl (C=O) groups excluding carboxylic acids is 2. The lowest BCUT2D eigenvalue weighted by Crippen LogP contribution is -2.13. The molecular formula is C22H16FN3O4S. The summed E-state index contributed by atoms with van der Waals surface area (Å²) >= 11 is 0. The molecule has 0 saturated carbocycles. The number of rotatable bonds is 5. The van der Waals surface area contributed by atoms with Gasteiger partial charge in [0.25, 0.3) is 0 Å². The SMILES string of the molecule is CS(=O)(=O)c1cccc(-c2cnc3[nH]cc(C(=O)c4cc(C(N)=O)ccc4F)c3c2)c1. The fourth-order valence-corrected chi connectivity index (χ4v) is 3.92. The van der Waals surface area contributed by atoms with E-state index in [4.69, 9.17) is 5.73 Å². The lowest BCUT2D eigenvalue weighted by molar-refractivity contribution is 0.1000. The molecule has 2 aromatic carbocycles. The third-order valence-electron chi connectivity index (χ3n) is 4.87. The Hall–Kier alpha value is -3.85. The summed E-state index contributed by atoms with van der Waals surface area (Å²) in [6, 6.07) is 11.4. The zero-order valence-corrected chi connectivity index (χ0v) is 17.0. The Morgan fingerprint density at radius 2 is 1.81 bits per heavy atom. The van der Waals surface area contributed by atoms with Gasteiger partial charge < -0.3 is 10.7 Å². The zero-order chi connectivity index (χ0) is 22.3. The van der Waals surface area contributed by atoms with Gasteiger partial charge in [-0.2, -0.15) is 0 Å². The van der Waals surface area contributed by atoms with Crippen molar-refractivity contribution in [3.63, 3.8) is 0 Å². The third-order valence-corrected chi connectivity index (χ3v) is 5.98. The quantitative estimate of drug-likeness (QED) is 0.465. The van der Waals surface area contributed by atoms with Gasteiger partial charge >= 0.3 is 0 Å². The Bertz CT molecular complexity index is 1480. The number of pyridine rings is 1. The molecule has 0 fully saturated rings. The Labute approximate surface area is 176 Å². The summed E-state index contributed by atoms with van der Waals surface area (Å²) in [6.07, 6.45) is 4.07. The molecule has 0 aliphatic heterocycles. The summed E-state index contributed by atoms with van der Waals surface area (Å²) in [7, 11) is -3.40. The number of aromatic amines is 1. The smallest absolute Gasteiger partial charge is 0.248 e. The van der Waals surface area contributed by atoms with Crippen molar-refractivity contribution in [3.8, 4) is 11.1 Å². The highest BCUT2D eigenvalue weighted by molar-refractivity contribution is 7.90. The average molecular weight is 437 g/mol. The van der Waals surface area contributed by atoms with E-state index in [0.29, 0.717) is 22.2 Å². The van der Waals surface area contributed by atoms with Crippen molar-refractivity contribution < 1.29 is 22.4 Å². The molecule has 0 aliphatic carbocycles. The molecular weight excluding hydrogens is 421 g/mol. The lowest BCUT2D eigenvalue weighted by atomic mass is 9.99. The molecule has 0 unspecified atom stereocenters. The first kappa shape index (κ1) is 20.4. The van der Waals surface area contributed by atoms with E-state index in [0.717, 1.165) is 18.4 Å². The number of amides is 1. The Morgan fingerprint density at radius 3 is 2.52 bits per heavy atom. The normalized spacial score (nSPS) is 11.5. The molecule has 0 spiro atoms. The molecule has 0 radical (unpaired) electrons. The maximum atomic E-state index is 14.3. The number of sulfone groups is 1. The van der Waals surface area contributed by atoms with Crippen LogP contribution in [0.4, 0.5) is 4.39 Å². The van der Waals surface area contributed by atoms with Crippen molar-refractivity contribution >= 4 is 32.6 Å². The molecule has 0 bridgehead atoms. The number of ketones is 1. The number of primary amides is 1. The van der Waals surface area contributed by atoms with Gasteiger partial charge in [0.2, 0.25) is 5.91 Å². The maximum Gasteiger partial charge on any atom is 0.248 e. The van der Waals surface area contributed by atoms with Crippen molar-refractivity contribution in [1.29, 1.82) is 0 Å². The van der Waals surface area contributed by atoms with E-state index in [-0.39, 0.29) is 21.6 Å². The Balaban J connectivity index is 1.83. The molecule has 31 heavy (non-hydrogen) atoms. The van der Waals surface area contributed by atoms with Gasteiger partial charge in [0.05, 0.1) is 10.5 Å². The highest BCUT2D eigenvalue weighted by atomic mass is 32.2. The number of aromatic nitrogens is 2. The topological polar surface area (TPSA) is 123 Å². The number of halogens is 1. The van der Waals surface area contributed by atoms with E-state index in [9.17, 15) is 22.4 Å². The van der Waals surface area contributed by atoms with Crippen LogP contribution < -0.4 is 5.73 Å². The fraction of sp³-hybridized carbons (Fsp3) is 0.0455. The lowest BCUT2D eigenvalue weighted by Gasteiger charge is -2.06. The largest absolute Gasteiger partial charge is 0.366 e. The zero-order valence-electron chi connectivity index (χ0n) is 16.2. The first-order chi connectivity index (χ1) is 14.6. The fourth-order valence-electron chi connectivity index (χ4n) is 3.25. The molecule has 4 aromatic rings. The Kier molecular flexibility index (Phi) is 4.90. The first-order valence-electron chi connectivity index (χ1n) is 9.07. The molecule has 2 heterocycles. The van der Waals surface area contributed by atoms with Crippen LogP contribution in [0.3, 0.4) is 0 Å². The summed E-state index contributed by atoms with van der Waals surface area (Å²) in [5.41, 5.74) is 6.70. The predicted molar refractivity (Wildman–Crippen MR) is 113 cm³/mol. The van der Waals surface area contributed by atoms with Crippen LogP contribution in [-0.2, 0) is 9.84 Å². The molecule has 0 saturated heterocycles. The molecule has 1 amide bonds. The van der Waals surface area contributed by atoms with Gasteiger partial charge in [-0.3, -0.25) is 9.59 Å².